The first kappa shape index (κ1) is 9.24. The van der Waals surface area contributed by atoms with Crippen LogP contribution in [0.15, 0.2) is 5.10 Å². The van der Waals surface area contributed by atoms with Crippen LogP contribution >= 0.6 is 16.1 Å². The normalized spacial score (nSPS) is 22.5. The summed E-state index contributed by atoms with van der Waals surface area (Å²) in [6.07, 6.45) is 0.456. The highest BCUT2D eigenvalue weighted by atomic mass is 79.9. The molecule has 0 aliphatic carbocycles. The molecule has 0 N–H and O–H groups in total. The molecule has 0 fully saturated rings. The van der Waals surface area contributed by atoms with Crippen LogP contribution < -0.4 is 0 Å². The van der Waals surface area contributed by atoms with Gasteiger partial charge in [0, 0.05) is 0 Å². The van der Waals surface area contributed by atoms with E-state index >= 15 is 0 Å². The lowest BCUT2D eigenvalue weighted by Gasteiger charge is -2.22. The van der Waals surface area contributed by atoms with E-state index in [-0.39, 0.29) is 6.04 Å². The van der Waals surface area contributed by atoms with Gasteiger partial charge in [-0.05, 0) is 13.8 Å². The summed E-state index contributed by atoms with van der Waals surface area (Å²) < 4.78 is 1.28. The van der Waals surface area contributed by atoms with Crippen LogP contribution in [0, 0.1) is 10.1 Å². The lowest BCUT2D eigenvalue weighted by atomic mass is 10.4. The number of hydrazone groups is 1. The van der Waals surface area contributed by atoms with E-state index in [2.05, 4.69) is 21.2 Å². The standard InChI is InChI=1S/C5H9BrN4O2/c1-4(2)9-5(10(11)12)8(6)3-7-9/h3-5H,1-2H3. The van der Waals surface area contributed by atoms with Gasteiger partial charge in [0.15, 0.2) is 0 Å². The molecule has 1 unspecified atom stereocenters. The van der Waals surface area contributed by atoms with Gasteiger partial charge in [0.05, 0.1) is 27.1 Å². The Labute approximate surface area is 78.3 Å². The maximum absolute atomic E-state index is 10.5. The molecule has 68 valence electrons. The van der Waals surface area contributed by atoms with Gasteiger partial charge in [0.1, 0.15) is 6.34 Å². The quantitative estimate of drug-likeness (QED) is 0.405. The molecule has 0 aromatic carbocycles. The zero-order valence-electron chi connectivity index (χ0n) is 6.72. The zero-order valence-corrected chi connectivity index (χ0v) is 8.30. The highest BCUT2D eigenvalue weighted by Crippen LogP contribution is 2.18. The molecule has 0 saturated carbocycles. The van der Waals surface area contributed by atoms with Crippen LogP contribution in [0.4, 0.5) is 0 Å². The highest BCUT2D eigenvalue weighted by Gasteiger charge is 2.38. The van der Waals surface area contributed by atoms with Gasteiger partial charge in [-0.15, -0.1) is 0 Å². The molecule has 1 aliphatic heterocycles. The number of halogens is 1. The summed E-state index contributed by atoms with van der Waals surface area (Å²) >= 11 is 3.01. The summed E-state index contributed by atoms with van der Waals surface area (Å²) in [7, 11) is 0. The Morgan fingerprint density at radius 1 is 1.75 bits per heavy atom. The van der Waals surface area contributed by atoms with E-state index in [1.165, 1.54) is 15.3 Å². The Kier molecular flexibility index (Phi) is 2.51. The second kappa shape index (κ2) is 3.26. The van der Waals surface area contributed by atoms with Crippen molar-refractivity contribution in [1.29, 1.82) is 0 Å². The monoisotopic (exact) mass is 236 g/mol. The SMILES string of the molecule is CC(C)N1N=CN(Br)C1[N+](=O)[O-]. The number of rotatable bonds is 2. The molecule has 1 heterocycles. The average Bonchev–Trinajstić information content (AvgIpc) is 2.30. The fourth-order valence-corrected chi connectivity index (χ4v) is 1.35. The van der Waals surface area contributed by atoms with Crippen LogP contribution in [-0.2, 0) is 0 Å². The molecule has 0 radical (unpaired) electrons. The number of hydrogen-bond donors (Lipinski definition) is 0. The Morgan fingerprint density at radius 3 is 2.67 bits per heavy atom. The first-order valence-corrected chi connectivity index (χ1v) is 4.15. The maximum Gasteiger partial charge on any atom is 0.393 e. The van der Waals surface area contributed by atoms with Crippen LogP contribution in [0.2, 0.25) is 0 Å². The molecule has 1 rings (SSSR count). The third-order valence-electron chi connectivity index (χ3n) is 1.47. The van der Waals surface area contributed by atoms with E-state index in [4.69, 9.17) is 0 Å². The summed E-state index contributed by atoms with van der Waals surface area (Å²) in [5.41, 5.74) is 0. The van der Waals surface area contributed by atoms with Crippen LogP contribution in [-0.4, -0.2) is 32.5 Å². The van der Waals surface area contributed by atoms with Crippen molar-refractivity contribution in [1.82, 2.24) is 8.93 Å². The summed E-state index contributed by atoms with van der Waals surface area (Å²) in [6.45, 7) is 3.69. The van der Waals surface area contributed by atoms with Crippen LogP contribution in [0.3, 0.4) is 0 Å². The number of hydrogen-bond acceptors (Lipinski definition) is 5. The van der Waals surface area contributed by atoms with E-state index in [0.717, 1.165) is 0 Å². The highest BCUT2D eigenvalue weighted by molar-refractivity contribution is 9.07. The van der Waals surface area contributed by atoms with Gasteiger partial charge < -0.3 is 0 Å². The molecule has 0 aromatic rings. The van der Waals surface area contributed by atoms with E-state index in [1.807, 2.05) is 13.8 Å². The average molecular weight is 237 g/mol. The van der Waals surface area contributed by atoms with Crippen molar-refractivity contribution in [3.8, 4) is 0 Å². The maximum atomic E-state index is 10.5. The van der Waals surface area contributed by atoms with Crippen molar-refractivity contribution in [2.45, 2.75) is 26.2 Å². The van der Waals surface area contributed by atoms with E-state index in [9.17, 15) is 10.1 Å². The molecule has 0 amide bonds. The minimum absolute atomic E-state index is 0.0131. The molecule has 0 bridgehead atoms. The molecule has 1 aliphatic rings. The summed E-state index contributed by atoms with van der Waals surface area (Å²) in [5, 5.41) is 15.8. The molecule has 0 saturated heterocycles. The first-order chi connectivity index (χ1) is 5.54. The van der Waals surface area contributed by atoms with Gasteiger partial charge in [-0.3, -0.25) is 10.1 Å². The lowest BCUT2D eigenvalue weighted by Crippen LogP contribution is -2.44. The van der Waals surface area contributed by atoms with Crippen molar-refractivity contribution in [3.63, 3.8) is 0 Å². The van der Waals surface area contributed by atoms with Gasteiger partial charge in [-0.2, -0.15) is 5.10 Å². The minimum Gasteiger partial charge on any atom is -0.261 e. The van der Waals surface area contributed by atoms with Gasteiger partial charge in [0.25, 0.3) is 0 Å². The molecule has 0 spiro atoms. The van der Waals surface area contributed by atoms with Gasteiger partial charge >= 0.3 is 6.29 Å². The predicted octanol–water partition coefficient (Wildman–Crippen LogP) is 0.826. The summed E-state index contributed by atoms with van der Waals surface area (Å²) in [4.78, 5) is 10.1. The molecular formula is C5H9BrN4O2. The van der Waals surface area contributed by atoms with Crippen molar-refractivity contribution in [2.24, 2.45) is 5.10 Å². The van der Waals surface area contributed by atoms with Crippen LogP contribution in [0.25, 0.3) is 0 Å². The number of nitro groups is 1. The minimum atomic E-state index is -0.926. The van der Waals surface area contributed by atoms with Crippen molar-refractivity contribution in [3.05, 3.63) is 10.1 Å². The Hall–Kier alpha value is -0.850. The lowest BCUT2D eigenvalue weighted by molar-refractivity contribution is -0.564. The second-order valence-corrected chi connectivity index (χ2v) is 3.50. The topological polar surface area (TPSA) is 62.0 Å². The van der Waals surface area contributed by atoms with E-state index in [0.29, 0.717) is 0 Å². The molecule has 6 nitrogen and oxygen atoms in total. The van der Waals surface area contributed by atoms with Gasteiger partial charge in [-0.1, -0.05) is 0 Å². The fourth-order valence-electron chi connectivity index (χ4n) is 0.928. The largest absolute Gasteiger partial charge is 0.393 e. The number of nitrogens with zero attached hydrogens (tertiary/aromatic N) is 4. The van der Waals surface area contributed by atoms with Crippen molar-refractivity contribution in [2.75, 3.05) is 0 Å². The summed E-state index contributed by atoms with van der Waals surface area (Å²) in [5.74, 6) is 0. The fraction of sp³-hybridized carbons (Fsp3) is 0.800. The Bertz CT molecular complexity index is 219. The van der Waals surface area contributed by atoms with E-state index < -0.39 is 11.2 Å². The Balaban J connectivity index is 2.76. The van der Waals surface area contributed by atoms with Gasteiger partial charge in [0.2, 0.25) is 0 Å². The molecule has 12 heavy (non-hydrogen) atoms. The van der Waals surface area contributed by atoms with E-state index in [1.54, 1.807) is 0 Å². The van der Waals surface area contributed by atoms with Crippen LogP contribution in [0.5, 0.6) is 0 Å². The molecule has 0 aromatic heterocycles. The van der Waals surface area contributed by atoms with Gasteiger partial charge in [-0.25, -0.2) is 8.93 Å². The molecule has 7 heteroatoms. The van der Waals surface area contributed by atoms with Crippen molar-refractivity contribution >= 4 is 22.5 Å². The summed E-state index contributed by atoms with van der Waals surface area (Å²) in [6, 6.07) is 0.0131. The Morgan fingerprint density at radius 2 is 2.33 bits per heavy atom. The predicted molar refractivity (Wildman–Crippen MR) is 47.0 cm³/mol. The second-order valence-electron chi connectivity index (χ2n) is 2.68. The van der Waals surface area contributed by atoms with Crippen molar-refractivity contribution < 1.29 is 4.92 Å². The molecule has 1 atom stereocenters. The smallest absolute Gasteiger partial charge is 0.261 e. The first-order valence-electron chi connectivity index (χ1n) is 3.44. The van der Waals surface area contributed by atoms with Crippen LogP contribution in [0.1, 0.15) is 13.8 Å². The molecular weight excluding hydrogens is 228 g/mol. The zero-order chi connectivity index (χ0) is 9.30. The third-order valence-corrected chi connectivity index (χ3v) is 2.02. The third kappa shape index (κ3) is 1.50.